The number of urea groups is 1. The van der Waals surface area contributed by atoms with Gasteiger partial charge in [0.15, 0.2) is 0 Å². The summed E-state index contributed by atoms with van der Waals surface area (Å²) in [6, 6.07) is -0.810. The Labute approximate surface area is 133 Å². The smallest absolute Gasteiger partial charge is 0.315 e. The molecule has 0 fully saturated rings. The van der Waals surface area contributed by atoms with Crippen LogP contribution in [0.5, 0.6) is 0 Å². The predicted molar refractivity (Wildman–Crippen MR) is 90.4 cm³/mol. The van der Waals surface area contributed by atoms with Gasteiger partial charge in [0.1, 0.15) is 6.29 Å². The molecule has 0 aliphatic heterocycles. The molecule has 0 bridgehead atoms. The number of likely N-dealkylation sites (N-methyl/N-ethyl adjacent to an activating group) is 1. The number of nitrogens with one attached hydrogen (secondary N) is 2. The molecule has 0 aromatic rings. The lowest BCUT2D eigenvalue weighted by Gasteiger charge is -2.35. The van der Waals surface area contributed by atoms with Gasteiger partial charge in [-0.25, -0.2) is 4.79 Å². The zero-order valence-electron chi connectivity index (χ0n) is 14.6. The van der Waals surface area contributed by atoms with E-state index in [1.165, 1.54) is 0 Å². The van der Waals surface area contributed by atoms with Crippen molar-refractivity contribution in [2.45, 2.75) is 53.6 Å². The van der Waals surface area contributed by atoms with Crippen LogP contribution in [0.15, 0.2) is 0 Å². The van der Waals surface area contributed by atoms with E-state index in [0.29, 0.717) is 0 Å². The number of hydrogen-bond donors (Lipinski definition) is 2. The lowest BCUT2D eigenvalue weighted by molar-refractivity contribution is -0.111. The van der Waals surface area contributed by atoms with E-state index in [-0.39, 0.29) is 22.9 Å². The molecule has 0 heterocycles. The maximum absolute atomic E-state index is 12.2. The van der Waals surface area contributed by atoms with Gasteiger partial charge in [0.25, 0.3) is 0 Å². The average Bonchev–Trinajstić information content (AvgIpc) is 2.32. The van der Waals surface area contributed by atoms with Gasteiger partial charge in [0, 0.05) is 12.6 Å². The Balaban J connectivity index is 4.78. The van der Waals surface area contributed by atoms with Crippen LogP contribution in [0.2, 0.25) is 0 Å². The first-order valence-corrected chi connectivity index (χ1v) is 8.37. The van der Waals surface area contributed by atoms with Gasteiger partial charge in [-0.05, 0) is 24.1 Å². The maximum Gasteiger partial charge on any atom is 0.315 e. The lowest BCUT2D eigenvalue weighted by Crippen LogP contribution is -2.55. The Bertz CT molecular complexity index is 348. The fourth-order valence-corrected chi connectivity index (χ4v) is 1.96. The minimum absolute atomic E-state index is 0.0118. The summed E-state index contributed by atoms with van der Waals surface area (Å²) in [5, 5.41) is 5.75. The van der Waals surface area contributed by atoms with Crippen molar-refractivity contribution in [1.29, 1.82) is 0 Å². The zero-order chi connectivity index (χ0) is 16.8. The van der Waals surface area contributed by atoms with Crippen molar-refractivity contribution < 1.29 is 9.59 Å². The molecule has 6 heteroatoms. The number of hydrogen-bond acceptors (Lipinski definition) is 4. The third-order valence-corrected chi connectivity index (χ3v) is 4.23. The highest BCUT2D eigenvalue weighted by molar-refractivity contribution is 7.96. The number of aldehydes is 1. The van der Waals surface area contributed by atoms with Gasteiger partial charge in [-0.3, -0.25) is 4.31 Å². The van der Waals surface area contributed by atoms with E-state index >= 15 is 0 Å². The van der Waals surface area contributed by atoms with E-state index in [4.69, 9.17) is 0 Å². The molecule has 124 valence electrons. The second-order valence-electron chi connectivity index (χ2n) is 7.51. The third-order valence-electron chi connectivity index (χ3n) is 3.46. The van der Waals surface area contributed by atoms with E-state index in [1.807, 2.05) is 34.1 Å². The summed E-state index contributed by atoms with van der Waals surface area (Å²) in [5.41, 5.74) is -0.369. The molecular weight excluding hydrogens is 286 g/mol. The fourth-order valence-electron chi connectivity index (χ4n) is 1.66. The molecule has 2 atom stereocenters. The topological polar surface area (TPSA) is 61.4 Å². The van der Waals surface area contributed by atoms with Crippen molar-refractivity contribution in [3.05, 3.63) is 0 Å². The first-order chi connectivity index (χ1) is 9.41. The van der Waals surface area contributed by atoms with Crippen LogP contribution in [-0.2, 0) is 4.79 Å². The van der Waals surface area contributed by atoms with E-state index in [0.717, 1.165) is 12.8 Å². The highest BCUT2D eigenvalue weighted by atomic mass is 32.2. The molecule has 0 radical (unpaired) electrons. The van der Waals surface area contributed by atoms with Gasteiger partial charge in [-0.15, -0.1) is 0 Å². The van der Waals surface area contributed by atoms with Gasteiger partial charge in [-0.1, -0.05) is 53.5 Å². The fraction of sp³-hybridized carbons (Fsp3) is 0.867. The summed E-state index contributed by atoms with van der Waals surface area (Å²) in [6.45, 7) is 12.8. The van der Waals surface area contributed by atoms with Crippen LogP contribution in [0.3, 0.4) is 0 Å². The largest absolute Gasteiger partial charge is 0.334 e. The number of nitrogens with zero attached hydrogens (tertiary/aromatic N) is 1. The summed E-state index contributed by atoms with van der Waals surface area (Å²) in [7, 11) is 1.99. The van der Waals surface area contributed by atoms with E-state index in [2.05, 4.69) is 35.7 Å². The monoisotopic (exact) mass is 317 g/mol. The Morgan fingerprint density at radius 3 is 2.00 bits per heavy atom. The molecule has 2 N–H and O–H groups in total. The molecule has 5 nitrogen and oxygen atoms in total. The average molecular weight is 317 g/mol. The molecule has 21 heavy (non-hydrogen) atoms. The second-order valence-corrected chi connectivity index (χ2v) is 8.50. The Morgan fingerprint density at radius 2 is 1.67 bits per heavy atom. The Kier molecular flexibility index (Phi) is 7.75. The van der Waals surface area contributed by atoms with Crippen molar-refractivity contribution in [2.75, 3.05) is 19.8 Å². The van der Waals surface area contributed by atoms with Gasteiger partial charge >= 0.3 is 6.03 Å². The Morgan fingerprint density at radius 1 is 1.14 bits per heavy atom. The summed E-state index contributed by atoms with van der Waals surface area (Å²) >= 11 is 1.62. The molecule has 2 amide bonds. The highest BCUT2D eigenvalue weighted by Crippen LogP contribution is 2.22. The molecule has 0 aliphatic rings. The minimum Gasteiger partial charge on any atom is -0.334 e. The van der Waals surface area contributed by atoms with Crippen molar-refractivity contribution in [3.63, 3.8) is 0 Å². The van der Waals surface area contributed by atoms with E-state index in [9.17, 15) is 9.59 Å². The molecule has 0 rings (SSSR count). The van der Waals surface area contributed by atoms with E-state index in [1.54, 1.807) is 11.9 Å². The van der Waals surface area contributed by atoms with Crippen LogP contribution in [0, 0.1) is 10.8 Å². The molecule has 0 aromatic carbocycles. The summed E-state index contributed by atoms with van der Waals surface area (Å²) < 4.78 is 2.08. The normalized spacial score (nSPS) is 15.5. The molecule has 0 aliphatic carbocycles. The minimum atomic E-state index is -0.503. The molecular formula is C15H31N3O2S. The maximum atomic E-state index is 12.2. The van der Waals surface area contributed by atoms with Crippen LogP contribution in [-0.4, -0.2) is 48.6 Å². The molecule has 0 saturated carbocycles. The van der Waals surface area contributed by atoms with Gasteiger partial charge in [0.05, 0.1) is 6.04 Å². The summed E-state index contributed by atoms with van der Waals surface area (Å²) in [6.07, 6.45) is 2.79. The lowest BCUT2D eigenvalue weighted by atomic mass is 9.86. The van der Waals surface area contributed by atoms with Crippen LogP contribution in [0.25, 0.3) is 0 Å². The molecule has 2 unspecified atom stereocenters. The summed E-state index contributed by atoms with van der Waals surface area (Å²) in [4.78, 5) is 23.3. The second kappa shape index (κ2) is 8.03. The van der Waals surface area contributed by atoms with Crippen LogP contribution < -0.4 is 10.6 Å². The van der Waals surface area contributed by atoms with Crippen molar-refractivity contribution >= 4 is 24.3 Å². The zero-order valence-corrected chi connectivity index (χ0v) is 15.4. The van der Waals surface area contributed by atoms with E-state index < -0.39 is 6.04 Å². The first kappa shape index (κ1) is 20.2. The molecule has 0 spiro atoms. The van der Waals surface area contributed by atoms with Crippen LogP contribution in [0.1, 0.15) is 41.5 Å². The van der Waals surface area contributed by atoms with Gasteiger partial charge in [-0.2, -0.15) is 0 Å². The number of carbonyl (C=O) groups excluding carboxylic acids is 2. The van der Waals surface area contributed by atoms with Crippen molar-refractivity contribution in [2.24, 2.45) is 10.8 Å². The molecule has 0 aromatic heterocycles. The quantitative estimate of drug-likeness (QED) is 0.584. The molecule has 0 saturated heterocycles. The summed E-state index contributed by atoms with van der Waals surface area (Å²) in [5.74, 6) is 0. The number of amides is 2. The first-order valence-electron chi connectivity index (χ1n) is 7.19. The standard InChI is InChI=1S/C15H31N3O2S/c1-14(2,3)11(9-18(7)21-8)16-13(20)17-12(10-19)15(4,5)6/h10-12H,9H2,1-8H3,(H2,16,17,20). The number of rotatable bonds is 6. The van der Waals surface area contributed by atoms with Gasteiger partial charge in [0.2, 0.25) is 0 Å². The third kappa shape index (κ3) is 7.71. The van der Waals surface area contributed by atoms with Crippen LogP contribution >= 0.6 is 11.9 Å². The van der Waals surface area contributed by atoms with Gasteiger partial charge < -0.3 is 15.4 Å². The predicted octanol–water partition coefficient (Wildman–Crippen LogP) is 2.52. The highest BCUT2D eigenvalue weighted by Gasteiger charge is 2.30. The van der Waals surface area contributed by atoms with Crippen LogP contribution in [0.4, 0.5) is 4.79 Å². The number of carbonyl (C=O) groups is 2. The SMILES string of the molecule is CSN(C)CC(NC(=O)NC(C=O)C(C)(C)C)C(C)(C)C. The Hall–Kier alpha value is -0.750. The van der Waals surface area contributed by atoms with Crippen molar-refractivity contribution in [1.82, 2.24) is 14.9 Å². The van der Waals surface area contributed by atoms with Crippen molar-refractivity contribution in [3.8, 4) is 0 Å².